The van der Waals surface area contributed by atoms with Crippen LogP contribution in [-0.4, -0.2) is 88.5 Å². The minimum Gasteiger partial charge on any atom is -0.396 e. The van der Waals surface area contributed by atoms with Gasteiger partial charge in [-0.2, -0.15) is 0 Å². The quantitative estimate of drug-likeness (QED) is 0.188. The van der Waals surface area contributed by atoms with Gasteiger partial charge in [0.1, 0.15) is 0 Å². The van der Waals surface area contributed by atoms with Crippen LogP contribution in [0.15, 0.2) is 0 Å². The molecule has 0 spiro atoms. The molecule has 7 nitrogen and oxygen atoms in total. The Morgan fingerprint density at radius 3 is 1.74 bits per heavy atom. The van der Waals surface area contributed by atoms with Crippen LogP contribution in [0.1, 0.15) is 126 Å². The van der Waals surface area contributed by atoms with Crippen molar-refractivity contribution in [3.8, 4) is 0 Å². The molecule has 10 unspecified atom stereocenters. The van der Waals surface area contributed by atoms with Gasteiger partial charge in [0.2, 0.25) is 0 Å². The van der Waals surface area contributed by atoms with Crippen molar-refractivity contribution in [1.82, 2.24) is 0 Å². The summed E-state index contributed by atoms with van der Waals surface area (Å²) in [5.41, 5.74) is 0.576. The van der Waals surface area contributed by atoms with Crippen LogP contribution in [0.5, 0.6) is 0 Å². The minimum atomic E-state index is -0.389. The Bertz CT molecular complexity index is 1040. The number of aliphatic hydroxyl groups is 1. The third kappa shape index (κ3) is 6.17. The Morgan fingerprint density at radius 1 is 0.717 bits per heavy atom. The summed E-state index contributed by atoms with van der Waals surface area (Å²) in [4.78, 5) is 0. The highest BCUT2D eigenvalue weighted by molar-refractivity contribution is 5.09. The molecule has 4 aliphatic carbocycles. The molecule has 6 fully saturated rings. The summed E-state index contributed by atoms with van der Waals surface area (Å²) < 4.78 is 38.6. The van der Waals surface area contributed by atoms with Gasteiger partial charge >= 0.3 is 0 Å². The van der Waals surface area contributed by atoms with Gasteiger partial charge in [-0.15, -0.1) is 0 Å². The molecule has 4 saturated carbocycles. The highest BCUT2D eigenvalue weighted by Crippen LogP contribution is 2.62. The summed E-state index contributed by atoms with van der Waals surface area (Å²) in [6, 6.07) is 0. The van der Waals surface area contributed by atoms with E-state index in [0.717, 1.165) is 104 Å². The van der Waals surface area contributed by atoms with Crippen molar-refractivity contribution >= 4 is 0 Å². The van der Waals surface area contributed by atoms with Crippen molar-refractivity contribution in [3.05, 3.63) is 0 Å². The summed E-state index contributed by atoms with van der Waals surface area (Å²) in [7, 11) is 0. The summed E-state index contributed by atoms with van der Waals surface area (Å²) >= 11 is 0. The molecule has 46 heavy (non-hydrogen) atoms. The van der Waals surface area contributed by atoms with E-state index < -0.39 is 0 Å². The third-order valence-corrected chi connectivity index (χ3v) is 15.1. The number of rotatable bonds is 16. The molecular weight excluding hydrogens is 580 g/mol. The van der Waals surface area contributed by atoms with Gasteiger partial charge in [-0.25, -0.2) is 0 Å². The molecule has 6 rings (SSSR count). The van der Waals surface area contributed by atoms with Crippen molar-refractivity contribution < 1.29 is 33.5 Å². The van der Waals surface area contributed by atoms with E-state index in [9.17, 15) is 5.11 Å². The van der Waals surface area contributed by atoms with Gasteiger partial charge in [-0.3, -0.25) is 0 Å². The van der Waals surface area contributed by atoms with Crippen molar-refractivity contribution in [3.63, 3.8) is 0 Å². The monoisotopic (exact) mass is 648 g/mol. The van der Waals surface area contributed by atoms with Gasteiger partial charge in [0.25, 0.3) is 0 Å². The fourth-order valence-corrected chi connectivity index (χ4v) is 10.7. The molecule has 0 aromatic rings. The highest BCUT2D eigenvalue weighted by Gasteiger charge is 2.60. The smallest absolute Gasteiger partial charge is 0.0651 e. The average Bonchev–Trinajstić information content (AvgIpc) is 3.32. The normalized spacial score (nSPS) is 44.3. The second kappa shape index (κ2) is 12.8. The van der Waals surface area contributed by atoms with Crippen molar-refractivity contribution in [2.24, 2.45) is 37.9 Å². The first-order chi connectivity index (χ1) is 21.7. The number of fused-ring (bicyclic) bond motifs is 4. The second-order valence-corrected chi connectivity index (χ2v) is 18.7. The fraction of sp³-hybridized carbons (Fsp3) is 1.00. The van der Waals surface area contributed by atoms with Gasteiger partial charge < -0.3 is 33.5 Å². The predicted molar refractivity (Wildman–Crippen MR) is 180 cm³/mol. The Morgan fingerprint density at radius 2 is 1.26 bits per heavy atom. The van der Waals surface area contributed by atoms with E-state index >= 15 is 0 Å². The lowest BCUT2D eigenvalue weighted by Crippen LogP contribution is -2.52. The largest absolute Gasteiger partial charge is 0.396 e. The molecule has 10 atom stereocenters. The highest BCUT2D eigenvalue weighted by atomic mass is 16.5. The Labute approximate surface area is 280 Å². The number of aliphatic hydroxyl groups excluding tert-OH is 1. The Kier molecular flexibility index (Phi) is 9.89. The number of hydrogen-bond acceptors (Lipinski definition) is 7. The van der Waals surface area contributed by atoms with Gasteiger partial charge in [0.15, 0.2) is 0 Å². The van der Waals surface area contributed by atoms with E-state index in [0.29, 0.717) is 13.2 Å². The third-order valence-electron chi connectivity index (χ3n) is 15.1. The molecule has 2 heterocycles. The second-order valence-electron chi connectivity index (χ2n) is 18.7. The zero-order valence-corrected chi connectivity index (χ0v) is 30.7. The zero-order chi connectivity index (χ0) is 33.1. The van der Waals surface area contributed by atoms with Crippen LogP contribution in [0, 0.1) is 37.9 Å². The first-order valence-electron chi connectivity index (χ1n) is 19.0. The molecule has 0 radical (unpaired) electrons. The number of hydrogen-bond donors (Lipinski definition) is 1. The van der Waals surface area contributed by atoms with Crippen LogP contribution in [0.4, 0.5) is 0 Å². The van der Waals surface area contributed by atoms with E-state index in [2.05, 4.69) is 55.4 Å². The number of ether oxygens (including phenoxy) is 6. The van der Waals surface area contributed by atoms with E-state index in [4.69, 9.17) is 28.4 Å². The minimum absolute atomic E-state index is 0.0860. The van der Waals surface area contributed by atoms with E-state index in [1.165, 1.54) is 0 Å². The summed E-state index contributed by atoms with van der Waals surface area (Å²) in [5.74, 6) is 0. The maximum Gasteiger partial charge on any atom is 0.0651 e. The van der Waals surface area contributed by atoms with Crippen LogP contribution in [0.2, 0.25) is 0 Å². The summed E-state index contributed by atoms with van der Waals surface area (Å²) in [6.45, 7) is 24.0. The first kappa shape index (κ1) is 35.5. The Hall–Kier alpha value is -0.280. The average molecular weight is 649 g/mol. The van der Waals surface area contributed by atoms with Gasteiger partial charge in [-0.1, -0.05) is 48.5 Å². The van der Waals surface area contributed by atoms with Crippen LogP contribution < -0.4 is 0 Å². The van der Waals surface area contributed by atoms with Crippen molar-refractivity contribution in [2.45, 2.75) is 157 Å². The topological polar surface area (TPSA) is 75.6 Å². The van der Waals surface area contributed by atoms with Crippen LogP contribution in [0.25, 0.3) is 0 Å². The first-order valence-corrected chi connectivity index (χ1v) is 19.0. The molecule has 1 N–H and O–H groups in total. The van der Waals surface area contributed by atoms with Crippen molar-refractivity contribution in [2.75, 3.05) is 52.9 Å². The molecular formula is C39H68O7. The van der Waals surface area contributed by atoms with Gasteiger partial charge in [0.05, 0.1) is 83.4 Å². The molecule has 0 amide bonds. The maximum atomic E-state index is 10.8. The molecule has 7 heteroatoms. The molecule has 2 saturated heterocycles. The van der Waals surface area contributed by atoms with Crippen LogP contribution >= 0.6 is 0 Å². The van der Waals surface area contributed by atoms with Crippen LogP contribution in [-0.2, 0) is 28.4 Å². The molecule has 266 valence electrons. The van der Waals surface area contributed by atoms with Crippen LogP contribution in [0.3, 0.4) is 0 Å². The summed E-state index contributed by atoms with van der Waals surface area (Å²) in [6.07, 6.45) is 13.0. The molecule has 4 bridgehead atoms. The molecule has 6 aliphatic rings. The molecule has 2 aliphatic heterocycles. The fourth-order valence-electron chi connectivity index (χ4n) is 10.7. The van der Waals surface area contributed by atoms with Gasteiger partial charge in [0, 0.05) is 16.2 Å². The maximum absolute atomic E-state index is 10.8. The lowest BCUT2D eigenvalue weighted by Gasteiger charge is -2.47. The molecule has 0 aromatic carbocycles. The van der Waals surface area contributed by atoms with E-state index in [-0.39, 0.29) is 75.0 Å². The van der Waals surface area contributed by atoms with Gasteiger partial charge in [-0.05, 0) is 99.2 Å². The SMILES string of the molecule is CCC1(COC2CCC3(C)CC2(C)CC3OCC(CC)(CO)COC2CCC3(C)CC2(C)CC3OC(C)C2(CC)COC2)COC1. The van der Waals surface area contributed by atoms with E-state index in [1.807, 2.05) is 0 Å². The lowest BCUT2D eigenvalue weighted by atomic mass is 9.68. The Balaban J connectivity index is 1.04. The van der Waals surface area contributed by atoms with Crippen molar-refractivity contribution in [1.29, 1.82) is 0 Å². The molecule has 0 aromatic heterocycles. The zero-order valence-electron chi connectivity index (χ0n) is 30.7. The van der Waals surface area contributed by atoms with E-state index in [1.54, 1.807) is 0 Å². The predicted octanol–water partition coefficient (Wildman–Crippen LogP) is 7.36. The summed E-state index contributed by atoms with van der Waals surface area (Å²) in [5, 5.41) is 10.8. The standard InChI is InChI=1S/C39H68O7/c1-9-37(20-40,24-45-31-16-35(7)18-33(31,5)14-12-29(35)44-25-38(10-2)21-41-22-38)23-43-30-13-15-34(6)19-36(30,8)17-32(34)46-28(4)39(11-3)26-42-27-39/h28-32,40H,9-27H2,1-8H3. The lowest BCUT2D eigenvalue weighted by molar-refractivity contribution is -0.206.